The summed E-state index contributed by atoms with van der Waals surface area (Å²) in [6.45, 7) is -0.375. The van der Waals surface area contributed by atoms with Gasteiger partial charge in [-0.05, 0) is 0 Å². The van der Waals surface area contributed by atoms with E-state index in [-0.39, 0.29) is 12.2 Å². The molecule has 4 heteroatoms. The highest BCUT2D eigenvalue weighted by atomic mass is 16.5. The van der Waals surface area contributed by atoms with Crippen LogP contribution in [0, 0.1) is 0 Å². The fourth-order valence-corrected chi connectivity index (χ4v) is 0. The molecular weight excluding hydrogens is 74.0 g/mol. The predicted molar refractivity (Wildman–Crippen MR) is 15.6 cm³/mol. The molecule has 0 aromatic rings. The number of aliphatic hydroxyl groups is 1. The standard InChI is InChI=1S/CH5NO2.H2O/c3-1-2-4;/h2-4H,1H2;1H2. The number of aliphatic hydroxyl groups excluding tert-OH is 1. The van der Waals surface area contributed by atoms with Crippen LogP contribution in [0.25, 0.3) is 0 Å². The van der Waals surface area contributed by atoms with Gasteiger partial charge in [0.15, 0.2) is 0 Å². The zero-order chi connectivity index (χ0) is 3.41. The molecule has 5 heavy (non-hydrogen) atoms. The fourth-order valence-electron chi connectivity index (χ4n) is 0. The summed E-state index contributed by atoms with van der Waals surface area (Å²) in [6, 6.07) is 0. The lowest BCUT2D eigenvalue weighted by molar-refractivity contribution is 0.0794. The van der Waals surface area contributed by atoms with Crippen LogP contribution in [0.5, 0.6) is 0 Å². The van der Waals surface area contributed by atoms with E-state index in [2.05, 4.69) is 0 Å². The summed E-state index contributed by atoms with van der Waals surface area (Å²) in [5.41, 5.74) is 1.49. The Kier molecular flexibility index (Phi) is 16.2. The molecule has 0 aliphatic carbocycles. The molecule has 0 rings (SSSR count). The molecule has 0 bridgehead atoms. The Morgan fingerprint density at radius 3 is 1.80 bits per heavy atom. The van der Waals surface area contributed by atoms with E-state index in [0.29, 0.717) is 0 Å². The molecule has 0 aromatic carbocycles. The summed E-state index contributed by atoms with van der Waals surface area (Å²) in [6.07, 6.45) is 0. The van der Waals surface area contributed by atoms with Crippen molar-refractivity contribution in [3.63, 3.8) is 0 Å². The van der Waals surface area contributed by atoms with Gasteiger partial charge in [0, 0.05) is 0 Å². The predicted octanol–water partition coefficient (Wildman–Crippen LogP) is -1.91. The molecule has 34 valence electrons. The van der Waals surface area contributed by atoms with Gasteiger partial charge >= 0.3 is 0 Å². The van der Waals surface area contributed by atoms with Crippen LogP contribution in [-0.2, 0) is 0 Å². The van der Waals surface area contributed by atoms with E-state index >= 15 is 0 Å². The van der Waals surface area contributed by atoms with Crippen molar-refractivity contribution in [2.75, 3.05) is 6.73 Å². The zero-order valence-corrected chi connectivity index (χ0v) is 2.60. The van der Waals surface area contributed by atoms with Gasteiger partial charge < -0.3 is 15.8 Å². The van der Waals surface area contributed by atoms with Crippen LogP contribution in [0.4, 0.5) is 0 Å². The maximum absolute atomic E-state index is 7.51. The third kappa shape index (κ3) is 18.4. The van der Waals surface area contributed by atoms with Gasteiger partial charge in [-0.2, -0.15) is 5.48 Å². The highest BCUT2D eigenvalue weighted by Crippen LogP contribution is 1.23. The van der Waals surface area contributed by atoms with Crippen LogP contribution in [-0.4, -0.2) is 22.5 Å². The Morgan fingerprint density at radius 1 is 1.60 bits per heavy atom. The van der Waals surface area contributed by atoms with E-state index in [4.69, 9.17) is 10.3 Å². The van der Waals surface area contributed by atoms with Gasteiger partial charge in [0.1, 0.15) is 6.73 Å². The third-order valence-electron chi connectivity index (χ3n) is 0.0707. The van der Waals surface area contributed by atoms with Crippen LogP contribution < -0.4 is 5.48 Å². The maximum atomic E-state index is 7.51. The topological polar surface area (TPSA) is 84.0 Å². The number of nitrogens with one attached hydrogen (secondary N) is 1. The zero-order valence-electron chi connectivity index (χ0n) is 2.60. The molecule has 0 unspecified atom stereocenters. The monoisotopic (exact) mass is 81.0 g/mol. The molecule has 0 radical (unpaired) electrons. The average Bonchev–Trinajstić information content (AvgIpc) is 1.37. The molecule has 0 amide bonds. The Labute approximate surface area is 29.3 Å². The highest BCUT2D eigenvalue weighted by molar-refractivity contribution is 3.84. The van der Waals surface area contributed by atoms with Crippen LogP contribution in [0.15, 0.2) is 0 Å². The molecule has 0 aromatic heterocycles. The lowest BCUT2D eigenvalue weighted by Gasteiger charge is -1.75. The number of hydrogen-bond acceptors (Lipinski definition) is 3. The number of rotatable bonds is 1. The van der Waals surface area contributed by atoms with Crippen molar-refractivity contribution < 1.29 is 15.8 Å². The molecule has 5 N–H and O–H groups in total. The molecule has 0 saturated carbocycles. The van der Waals surface area contributed by atoms with Gasteiger partial charge in [-0.25, -0.2) is 0 Å². The van der Waals surface area contributed by atoms with E-state index in [1.807, 2.05) is 0 Å². The summed E-state index contributed by atoms with van der Waals surface area (Å²) in [5.74, 6) is 0. The Balaban J connectivity index is 0. The Hall–Kier alpha value is -0.160. The van der Waals surface area contributed by atoms with Gasteiger partial charge in [-0.1, -0.05) is 0 Å². The van der Waals surface area contributed by atoms with Crippen LogP contribution in [0.1, 0.15) is 0 Å². The van der Waals surface area contributed by atoms with E-state index in [1.54, 1.807) is 0 Å². The summed E-state index contributed by atoms with van der Waals surface area (Å²) < 4.78 is 0. The molecule has 0 spiro atoms. The number of hydroxylamine groups is 1. The molecule has 0 aliphatic rings. The molecular formula is CH7NO3. The third-order valence-corrected chi connectivity index (χ3v) is 0.0707. The van der Waals surface area contributed by atoms with Gasteiger partial charge in [0.2, 0.25) is 0 Å². The van der Waals surface area contributed by atoms with Gasteiger partial charge in [0.05, 0.1) is 0 Å². The molecule has 0 heterocycles. The smallest absolute Gasteiger partial charge is 0.115 e. The van der Waals surface area contributed by atoms with Crippen LogP contribution in [0.3, 0.4) is 0 Å². The van der Waals surface area contributed by atoms with E-state index in [9.17, 15) is 0 Å². The van der Waals surface area contributed by atoms with E-state index in [0.717, 1.165) is 0 Å². The van der Waals surface area contributed by atoms with E-state index < -0.39 is 0 Å². The van der Waals surface area contributed by atoms with Crippen molar-refractivity contribution in [1.82, 2.24) is 5.48 Å². The molecule has 0 fully saturated rings. The van der Waals surface area contributed by atoms with Crippen molar-refractivity contribution in [2.24, 2.45) is 0 Å². The summed E-state index contributed by atoms with van der Waals surface area (Å²) >= 11 is 0. The summed E-state index contributed by atoms with van der Waals surface area (Å²) in [4.78, 5) is 0. The first-order chi connectivity index (χ1) is 1.91. The minimum atomic E-state index is -0.375. The Morgan fingerprint density at radius 2 is 1.80 bits per heavy atom. The second kappa shape index (κ2) is 9.15. The lowest BCUT2D eigenvalue weighted by Crippen LogP contribution is -2.05. The second-order valence-electron chi connectivity index (χ2n) is 0.316. The summed E-state index contributed by atoms with van der Waals surface area (Å²) in [5, 5.41) is 14.9. The largest absolute Gasteiger partial charge is 0.412 e. The first kappa shape index (κ1) is 8.85. The second-order valence-corrected chi connectivity index (χ2v) is 0.316. The Bertz CT molecular complexity index is 8.85. The highest BCUT2D eigenvalue weighted by Gasteiger charge is 1.52. The maximum Gasteiger partial charge on any atom is 0.115 e. The van der Waals surface area contributed by atoms with Crippen LogP contribution >= 0.6 is 0 Å². The van der Waals surface area contributed by atoms with Crippen molar-refractivity contribution in [3.8, 4) is 0 Å². The van der Waals surface area contributed by atoms with Crippen molar-refractivity contribution in [2.45, 2.75) is 0 Å². The molecule has 0 saturated heterocycles. The minimum absolute atomic E-state index is 0. The quantitative estimate of drug-likeness (QED) is 0.254. The van der Waals surface area contributed by atoms with Crippen molar-refractivity contribution in [3.05, 3.63) is 0 Å². The summed E-state index contributed by atoms with van der Waals surface area (Å²) in [7, 11) is 0. The molecule has 0 atom stereocenters. The van der Waals surface area contributed by atoms with E-state index in [1.165, 1.54) is 5.48 Å². The first-order valence-electron chi connectivity index (χ1n) is 0.893. The van der Waals surface area contributed by atoms with Gasteiger partial charge in [-0.3, -0.25) is 0 Å². The van der Waals surface area contributed by atoms with Gasteiger partial charge in [-0.15, -0.1) is 0 Å². The number of hydrogen-bond donors (Lipinski definition) is 3. The van der Waals surface area contributed by atoms with Crippen LogP contribution in [0.2, 0.25) is 0 Å². The first-order valence-corrected chi connectivity index (χ1v) is 0.893. The normalized spacial score (nSPS) is 6.00. The fraction of sp³-hybridized carbons (Fsp3) is 1.00. The molecule has 4 nitrogen and oxygen atoms in total. The van der Waals surface area contributed by atoms with Gasteiger partial charge in [0.25, 0.3) is 0 Å². The van der Waals surface area contributed by atoms with Crippen molar-refractivity contribution >= 4 is 0 Å². The molecule has 0 aliphatic heterocycles. The average molecular weight is 81.1 g/mol. The SMILES string of the molecule is O.OCNO. The van der Waals surface area contributed by atoms with Crippen molar-refractivity contribution in [1.29, 1.82) is 0 Å². The lowest BCUT2D eigenvalue weighted by atomic mass is 11.4. The minimum Gasteiger partial charge on any atom is -0.412 e.